The molecule has 1 fully saturated rings. The fourth-order valence-corrected chi connectivity index (χ4v) is 1.87. The summed E-state index contributed by atoms with van der Waals surface area (Å²) in [6.07, 6.45) is 3.61. The summed E-state index contributed by atoms with van der Waals surface area (Å²) in [4.78, 5) is 10.5. The van der Waals surface area contributed by atoms with Crippen molar-refractivity contribution in [2.75, 3.05) is 6.61 Å². The number of halogens is 1. The number of benzene rings is 1. The number of hydrogen-bond acceptors (Lipinski definition) is 3. The van der Waals surface area contributed by atoms with Gasteiger partial charge in [-0.2, -0.15) is 0 Å². The summed E-state index contributed by atoms with van der Waals surface area (Å²) in [5, 5.41) is 0.443. The number of aldehydes is 1. The van der Waals surface area contributed by atoms with E-state index in [1.165, 1.54) is 0 Å². The zero-order valence-electron chi connectivity index (χ0n) is 8.82. The maximum Gasteiger partial charge on any atom is 0.199 e. The minimum Gasteiger partial charge on any atom is -0.463 e. The monoisotopic (exact) mass is 240 g/mol. The lowest BCUT2D eigenvalue weighted by Gasteiger charge is -2.23. The third kappa shape index (κ3) is 2.74. The average Bonchev–Trinajstić information content (AvgIpc) is 2.33. The Kier molecular flexibility index (Phi) is 3.80. The molecule has 2 rings (SSSR count). The molecule has 1 unspecified atom stereocenters. The van der Waals surface area contributed by atoms with Crippen LogP contribution >= 0.6 is 11.6 Å². The molecule has 1 aliphatic rings. The van der Waals surface area contributed by atoms with E-state index in [-0.39, 0.29) is 6.29 Å². The molecule has 1 atom stereocenters. The minimum absolute atomic E-state index is 0.215. The molecule has 16 heavy (non-hydrogen) atoms. The Morgan fingerprint density at radius 3 is 2.94 bits per heavy atom. The van der Waals surface area contributed by atoms with Gasteiger partial charge in [-0.05, 0) is 31.0 Å². The zero-order chi connectivity index (χ0) is 11.4. The van der Waals surface area contributed by atoms with E-state index in [2.05, 4.69) is 0 Å². The van der Waals surface area contributed by atoms with Crippen molar-refractivity contribution in [1.82, 2.24) is 0 Å². The van der Waals surface area contributed by atoms with Crippen LogP contribution in [0.1, 0.15) is 29.6 Å². The van der Waals surface area contributed by atoms with Gasteiger partial charge >= 0.3 is 0 Å². The Bertz CT molecular complexity index is 373. The molecule has 0 radical (unpaired) electrons. The largest absolute Gasteiger partial charge is 0.463 e. The highest BCUT2D eigenvalue weighted by Gasteiger charge is 2.16. The van der Waals surface area contributed by atoms with Gasteiger partial charge in [-0.3, -0.25) is 4.79 Å². The molecule has 1 aromatic rings. The minimum atomic E-state index is -0.215. The SMILES string of the molecule is O=Cc1ccc(OC2CCCCO2)c(Cl)c1. The van der Waals surface area contributed by atoms with Crippen LogP contribution in [0.25, 0.3) is 0 Å². The zero-order valence-corrected chi connectivity index (χ0v) is 9.57. The lowest BCUT2D eigenvalue weighted by Crippen LogP contribution is -2.25. The molecule has 0 N–H and O–H groups in total. The first kappa shape index (κ1) is 11.4. The van der Waals surface area contributed by atoms with Crippen LogP contribution in [0.3, 0.4) is 0 Å². The van der Waals surface area contributed by atoms with E-state index in [9.17, 15) is 4.79 Å². The average molecular weight is 241 g/mol. The van der Waals surface area contributed by atoms with Gasteiger partial charge in [0.1, 0.15) is 12.0 Å². The lowest BCUT2D eigenvalue weighted by atomic mass is 10.2. The molecule has 0 saturated carbocycles. The Balaban J connectivity index is 2.05. The molecule has 86 valence electrons. The van der Waals surface area contributed by atoms with Gasteiger partial charge in [-0.15, -0.1) is 0 Å². The molecule has 0 spiro atoms. The second-order valence-electron chi connectivity index (χ2n) is 3.72. The van der Waals surface area contributed by atoms with Crippen LogP contribution in [0, 0.1) is 0 Å². The maximum atomic E-state index is 10.5. The second-order valence-corrected chi connectivity index (χ2v) is 4.13. The maximum absolute atomic E-state index is 10.5. The summed E-state index contributed by atoms with van der Waals surface area (Å²) < 4.78 is 11.1. The molecule has 0 bridgehead atoms. The van der Waals surface area contributed by atoms with Gasteiger partial charge in [0.15, 0.2) is 6.29 Å². The van der Waals surface area contributed by atoms with Crippen molar-refractivity contribution in [3.8, 4) is 5.75 Å². The normalized spacial score (nSPS) is 20.4. The van der Waals surface area contributed by atoms with Crippen molar-refractivity contribution in [2.24, 2.45) is 0 Å². The van der Waals surface area contributed by atoms with Crippen molar-refractivity contribution in [3.63, 3.8) is 0 Å². The molecule has 1 heterocycles. The fourth-order valence-electron chi connectivity index (χ4n) is 1.63. The Morgan fingerprint density at radius 2 is 2.31 bits per heavy atom. The summed E-state index contributed by atoms with van der Waals surface area (Å²) in [5.41, 5.74) is 0.543. The highest BCUT2D eigenvalue weighted by atomic mass is 35.5. The Hall–Kier alpha value is -1.06. The van der Waals surface area contributed by atoms with E-state index < -0.39 is 0 Å². The van der Waals surface area contributed by atoms with E-state index in [1.54, 1.807) is 18.2 Å². The van der Waals surface area contributed by atoms with Crippen LogP contribution in [0.4, 0.5) is 0 Å². The summed E-state index contributed by atoms with van der Waals surface area (Å²) in [6.45, 7) is 0.731. The van der Waals surface area contributed by atoms with Crippen molar-refractivity contribution >= 4 is 17.9 Å². The number of rotatable bonds is 3. The summed E-state index contributed by atoms with van der Waals surface area (Å²) in [5.74, 6) is 0.569. The molecule has 0 amide bonds. The topological polar surface area (TPSA) is 35.5 Å². The van der Waals surface area contributed by atoms with Crippen molar-refractivity contribution in [1.29, 1.82) is 0 Å². The van der Waals surface area contributed by atoms with Crippen LogP contribution in [0.2, 0.25) is 5.02 Å². The number of ether oxygens (including phenoxy) is 2. The van der Waals surface area contributed by atoms with Crippen molar-refractivity contribution in [2.45, 2.75) is 25.6 Å². The van der Waals surface area contributed by atoms with Gasteiger partial charge in [0.2, 0.25) is 0 Å². The van der Waals surface area contributed by atoms with Gasteiger partial charge in [0.25, 0.3) is 0 Å². The summed E-state index contributed by atoms with van der Waals surface area (Å²) >= 11 is 5.99. The van der Waals surface area contributed by atoms with Crippen LogP contribution in [-0.4, -0.2) is 19.2 Å². The van der Waals surface area contributed by atoms with E-state index in [0.29, 0.717) is 16.3 Å². The predicted octanol–water partition coefficient (Wildman–Crippen LogP) is 3.06. The van der Waals surface area contributed by atoms with Crippen molar-refractivity contribution < 1.29 is 14.3 Å². The first-order valence-electron chi connectivity index (χ1n) is 5.32. The van der Waals surface area contributed by atoms with E-state index >= 15 is 0 Å². The van der Waals surface area contributed by atoms with Gasteiger partial charge in [0.05, 0.1) is 11.6 Å². The van der Waals surface area contributed by atoms with E-state index in [0.717, 1.165) is 32.2 Å². The van der Waals surface area contributed by atoms with E-state index in [4.69, 9.17) is 21.1 Å². The highest BCUT2D eigenvalue weighted by Crippen LogP contribution is 2.27. The van der Waals surface area contributed by atoms with Gasteiger partial charge in [0, 0.05) is 12.0 Å². The fraction of sp³-hybridized carbons (Fsp3) is 0.417. The highest BCUT2D eigenvalue weighted by molar-refractivity contribution is 6.32. The van der Waals surface area contributed by atoms with Crippen molar-refractivity contribution in [3.05, 3.63) is 28.8 Å². The molecule has 0 aromatic heterocycles. The molecule has 1 saturated heterocycles. The third-order valence-corrected chi connectivity index (χ3v) is 2.78. The lowest BCUT2D eigenvalue weighted by molar-refractivity contribution is -0.105. The van der Waals surface area contributed by atoms with Crippen LogP contribution in [0.15, 0.2) is 18.2 Å². The number of hydrogen-bond donors (Lipinski definition) is 0. The second kappa shape index (κ2) is 5.32. The number of carbonyl (C=O) groups is 1. The van der Waals surface area contributed by atoms with Crippen LogP contribution < -0.4 is 4.74 Å². The quantitative estimate of drug-likeness (QED) is 0.762. The van der Waals surface area contributed by atoms with E-state index in [1.807, 2.05) is 0 Å². The molecule has 0 aliphatic carbocycles. The van der Waals surface area contributed by atoms with Crippen LogP contribution in [0.5, 0.6) is 5.75 Å². The molecule has 1 aliphatic heterocycles. The van der Waals surface area contributed by atoms with Gasteiger partial charge in [-0.1, -0.05) is 11.6 Å². The molecular formula is C12H13ClO3. The number of carbonyl (C=O) groups excluding carboxylic acids is 1. The smallest absolute Gasteiger partial charge is 0.199 e. The molecule has 1 aromatic carbocycles. The third-order valence-electron chi connectivity index (χ3n) is 2.49. The van der Waals surface area contributed by atoms with Gasteiger partial charge in [-0.25, -0.2) is 0 Å². The molecule has 4 heteroatoms. The Morgan fingerprint density at radius 1 is 1.44 bits per heavy atom. The first-order chi connectivity index (χ1) is 7.79. The standard InChI is InChI=1S/C12H13ClO3/c13-10-7-9(8-14)4-5-11(10)16-12-3-1-2-6-15-12/h4-5,7-8,12H,1-3,6H2. The first-order valence-corrected chi connectivity index (χ1v) is 5.70. The summed E-state index contributed by atoms with van der Waals surface area (Å²) in [7, 11) is 0. The summed E-state index contributed by atoms with van der Waals surface area (Å²) in [6, 6.07) is 4.97. The molecular weight excluding hydrogens is 228 g/mol. The van der Waals surface area contributed by atoms with Gasteiger partial charge < -0.3 is 9.47 Å². The van der Waals surface area contributed by atoms with Crippen LogP contribution in [-0.2, 0) is 4.74 Å². The molecule has 3 nitrogen and oxygen atoms in total. The predicted molar refractivity (Wildman–Crippen MR) is 61.1 cm³/mol. The Labute approximate surface area is 99.3 Å².